The van der Waals surface area contributed by atoms with E-state index in [0.29, 0.717) is 77.4 Å². The van der Waals surface area contributed by atoms with Crippen LogP contribution < -0.4 is 5.32 Å². The molecule has 1 aliphatic carbocycles. The van der Waals surface area contributed by atoms with Crippen LogP contribution in [0.2, 0.25) is 5.02 Å². The molecule has 15 aromatic rings. The molecule has 8 atom stereocenters. The Bertz CT molecular complexity index is 5430. The number of thiazole rings is 2. The van der Waals surface area contributed by atoms with E-state index in [1.807, 2.05) is 157 Å². The maximum absolute atomic E-state index is 13.2. The Hall–Kier alpha value is -9.34. The van der Waals surface area contributed by atoms with Crippen molar-refractivity contribution in [2.45, 2.75) is 172 Å². The van der Waals surface area contributed by atoms with Crippen molar-refractivity contribution in [2.75, 3.05) is 13.1 Å². The zero-order valence-corrected chi connectivity index (χ0v) is 78.7. The number of amidine groups is 1. The van der Waals surface area contributed by atoms with E-state index in [2.05, 4.69) is 121 Å². The fraction of sp³-hybridized carbons (Fsp3) is 0.291. The van der Waals surface area contributed by atoms with Gasteiger partial charge < -0.3 is 25.5 Å². The second-order valence-corrected chi connectivity index (χ2v) is 36.5. The highest BCUT2D eigenvalue weighted by atomic mass is 35.5. The number of benzene rings is 7. The van der Waals surface area contributed by atoms with E-state index in [-0.39, 0.29) is 23.3 Å². The minimum atomic E-state index is -1.14. The lowest BCUT2D eigenvalue weighted by Crippen LogP contribution is -2.36. The summed E-state index contributed by atoms with van der Waals surface area (Å²) in [4.78, 5) is 18.9. The second kappa shape index (κ2) is 49.3. The molecular formula is C103H112ClF4N6O5S7+. The largest absolute Gasteiger partial charge is 0.380 e. The summed E-state index contributed by atoms with van der Waals surface area (Å²) < 4.78 is 54.4. The minimum absolute atomic E-state index is 0.168. The Morgan fingerprint density at radius 1 is 0.413 bits per heavy atom. The fourth-order valence-corrected chi connectivity index (χ4v) is 20.8. The monoisotopic (exact) mass is 1850 g/mol. The van der Waals surface area contributed by atoms with E-state index in [1.54, 1.807) is 118 Å². The van der Waals surface area contributed by atoms with Crippen LogP contribution in [0.1, 0.15) is 226 Å². The van der Waals surface area contributed by atoms with Gasteiger partial charge >= 0.3 is 0 Å². The summed E-state index contributed by atoms with van der Waals surface area (Å²) in [5.74, 6) is 2.15. The number of hydrogen-bond acceptors (Lipinski definition) is 17. The molecule has 0 saturated heterocycles. The lowest BCUT2D eigenvalue weighted by atomic mass is 9.84. The van der Waals surface area contributed by atoms with Crippen LogP contribution in [-0.4, -0.2) is 69.0 Å². The molecule has 0 amide bonds. The molecule has 8 unspecified atom stereocenters. The highest BCUT2D eigenvalue weighted by Crippen LogP contribution is 2.41. The van der Waals surface area contributed by atoms with Gasteiger partial charge in [-0.3, -0.25) is 9.89 Å². The van der Waals surface area contributed by atoms with E-state index < -0.39 is 28.0 Å². The van der Waals surface area contributed by atoms with Crippen molar-refractivity contribution in [3.05, 3.63) is 419 Å². The van der Waals surface area contributed by atoms with Crippen LogP contribution in [0, 0.1) is 29.2 Å². The van der Waals surface area contributed by atoms with Crippen molar-refractivity contribution < 1.29 is 47.7 Å². The smallest absolute Gasteiger partial charge is 0.248 e. The molecule has 9 heterocycles. The lowest BCUT2D eigenvalue weighted by Gasteiger charge is -2.28. The van der Waals surface area contributed by atoms with Crippen molar-refractivity contribution in [2.24, 2.45) is 5.92 Å². The molecule has 2 aliphatic rings. The van der Waals surface area contributed by atoms with Crippen LogP contribution in [0.15, 0.2) is 308 Å². The Balaban J connectivity index is 0.000000151. The average molecular weight is 1850 g/mol. The number of nitrogens with one attached hydrogen (secondary N) is 1. The number of thiophene rings is 5. The van der Waals surface area contributed by atoms with E-state index in [1.165, 1.54) is 143 Å². The SMILES string of the molecule is CCC(O)(c1ccc(F)cc1)c1cccc(Cl)c1.CCC(O)(c1ccc(F)cc1)c1ccsc1.CCC(O)(c1ccccc1)c1ccncn1.CCC(O)(c1ccsc1)c1cccc(F)c1.CCC(O)(c1cscn1)c1cccs1.CCC(c1ccc(F)cc1)c1ccsc1.CCC(c1ccccc1)[N+]1=C(C2CCC2)NCC1.CCC(c1cscn1)c1cccs1. The van der Waals surface area contributed by atoms with Crippen molar-refractivity contribution >= 4 is 96.8 Å². The van der Waals surface area contributed by atoms with Gasteiger partial charge in [0.25, 0.3) is 0 Å². The molecule has 23 heteroatoms. The van der Waals surface area contributed by atoms with E-state index in [4.69, 9.17) is 11.6 Å². The molecule has 8 aromatic heterocycles. The molecule has 660 valence electrons. The maximum Gasteiger partial charge on any atom is 0.248 e. The summed E-state index contributed by atoms with van der Waals surface area (Å²) in [5.41, 5.74) is 10.4. The molecule has 1 saturated carbocycles. The summed E-state index contributed by atoms with van der Waals surface area (Å²) in [6.45, 7) is 18.6. The first-order chi connectivity index (χ1) is 61.1. The maximum atomic E-state index is 13.2. The van der Waals surface area contributed by atoms with Gasteiger partial charge in [-0.15, -0.1) is 45.3 Å². The number of aliphatic hydroxyl groups is 5. The van der Waals surface area contributed by atoms with Gasteiger partial charge in [0.15, 0.2) is 0 Å². The summed E-state index contributed by atoms with van der Waals surface area (Å²) >= 11 is 17.3. The first-order valence-corrected chi connectivity index (χ1v) is 49.5. The topological polar surface area (TPSA) is 168 Å². The van der Waals surface area contributed by atoms with E-state index >= 15 is 0 Å². The van der Waals surface area contributed by atoms with Crippen LogP contribution in [-0.2, 0) is 28.0 Å². The zero-order chi connectivity index (χ0) is 90.0. The molecular weight excluding hydrogens is 1740 g/mol. The number of aromatic nitrogens is 4. The molecule has 6 N–H and O–H groups in total. The van der Waals surface area contributed by atoms with Gasteiger partial charge in [-0.1, -0.05) is 207 Å². The van der Waals surface area contributed by atoms with Crippen molar-refractivity contribution in [3.8, 4) is 0 Å². The number of nitrogens with zero attached hydrogens (tertiary/aromatic N) is 5. The Morgan fingerprint density at radius 2 is 0.937 bits per heavy atom. The second-order valence-electron chi connectivity index (χ2n) is 30.4. The van der Waals surface area contributed by atoms with Crippen LogP contribution in [0.5, 0.6) is 0 Å². The van der Waals surface area contributed by atoms with E-state index in [9.17, 15) is 43.1 Å². The van der Waals surface area contributed by atoms with Gasteiger partial charge in [-0.25, -0.2) is 37.5 Å². The molecule has 1 aliphatic heterocycles. The third-order valence-electron chi connectivity index (χ3n) is 23.0. The third kappa shape index (κ3) is 26.0. The standard InChI is InChI=1S/C16H22N2.C15H14ClFO.2C13H13FOS.C13H13FS.C13H14N2O.C10H11NOS2.C10H11NS2/c1-2-15(13-7-4-3-5-8-13)18-12-11-17-16(18)14-9-6-10-14;1-2-15(18,11-6-8-14(17)9-7-11)12-4-3-5-13(16)10-12;1-2-13(15,11-7-8-16-9-11)10-3-5-12(14)6-4-10;1-2-13(15,11-6-7-16-9-11)10-4-3-5-12(14)8-10;1-2-13(11-7-8-15-9-11)10-3-5-12(14)6-4-10;1-2-13(16,11-6-4-3-5-7-11)12-8-9-14-10-15-12;1-2-10(12,8-6-13-7-11-8)9-4-3-5-14-9;1-2-8(9-6-12-7-11-9)10-4-3-5-13-10/h3-5,7-8,14-15H,2,6,9-12H2,1H3;3-10,18H,2H2,1H3;2*3-9,15H,2H2,1H3;3-9,13H,2H2,1H3;3-10,16H,2H2,1H3;3-7,12H,2H2,1H3;3-8H,2H2,1H3/p+1. The summed E-state index contributed by atoms with van der Waals surface area (Å²) in [7, 11) is 0. The van der Waals surface area contributed by atoms with E-state index in [0.717, 1.165) is 58.1 Å². The number of hydrogen-bond donors (Lipinski definition) is 6. The summed E-state index contributed by atoms with van der Waals surface area (Å²) in [6, 6.07) is 68.9. The average Bonchev–Trinajstić information content (AvgIpc) is 1.33. The Labute approximate surface area is 773 Å². The highest BCUT2D eigenvalue weighted by molar-refractivity contribution is 7.10. The molecule has 1 fully saturated rings. The number of halogens is 5. The quantitative estimate of drug-likeness (QED) is 0.0239. The summed E-state index contributed by atoms with van der Waals surface area (Å²) in [5, 5.41) is 77.5. The molecule has 0 radical (unpaired) electrons. The minimum Gasteiger partial charge on any atom is -0.380 e. The first kappa shape index (κ1) is 98.8. The first-order valence-electron chi connectivity index (χ1n) is 42.6. The Morgan fingerprint density at radius 3 is 1.40 bits per heavy atom. The third-order valence-corrected chi connectivity index (χ3v) is 28.5. The van der Waals surface area contributed by atoms with Crippen LogP contribution in [0.25, 0.3) is 0 Å². The predicted octanol–water partition coefficient (Wildman–Crippen LogP) is 27.3. The van der Waals surface area contributed by atoms with Crippen molar-refractivity contribution in [1.29, 1.82) is 0 Å². The normalized spacial score (nSPS) is 15.2. The molecule has 0 bridgehead atoms. The summed E-state index contributed by atoms with van der Waals surface area (Å²) in [6.07, 6.45) is 13.4. The lowest BCUT2D eigenvalue weighted by molar-refractivity contribution is -0.566. The van der Waals surface area contributed by atoms with Gasteiger partial charge in [-0.2, -0.15) is 34.0 Å². The molecule has 11 nitrogen and oxygen atoms in total. The zero-order valence-electron chi connectivity index (χ0n) is 72.2. The molecule has 7 aromatic carbocycles. The van der Waals surface area contributed by atoms with Gasteiger partial charge in [0.05, 0.1) is 34.0 Å². The van der Waals surface area contributed by atoms with Gasteiger partial charge in [0, 0.05) is 43.6 Å². The van der Waals surface area contributed by atoms with Gasteiger partial charge in [-0.05, 0) is 260 Å². The van der Waals surface area contributed by atoms with Crippen LogP contribution in [0.4, 0.5) is 17.6 Å². The fourth-order valence-electron chi connectivity index (χ4n) is 15.4. The molecule has 126 heavy (non-hydrogen) atoms. The van der Waals surface area contributed by atoms with Gasteiger partial charge in [0.1, 0.15) is 76.7 Å². The number of rotatable bonds is 25. The van der Waals surface area contributed by atoms with Crippen molar-refractivity contribution in [3.63, 3.8) is 0 Å². The molecule has 0 spiro atoms. The van der Waals surface area contributed by atoms with Crippen LogP contribution in [0.3, 0.4) is 0 Å². The van der Waals surface area contributed by atoms with Crippen LogP contribution >= 0.6 is 91.0 Å². The van der Waals surface area contributed by atoms with Crippen molar-refractivity contribution in [1.82, 2.24) is 25.3 Å². The Kier molecular flexibility index (Phi) is 38.7. The predicted molar refractivity (Wildman–Crippen MR) is 517 cm³/mol. The van der Waals surface area contributed by atoms with Gasteiger partial charge in [0.2, 0.25) is 5.84 Å². The molecule has 17 rings (SSSR count). The highest BCUT2D eigenvalue weighted by Gasteiger charge is 2.38.